The molecule has 0 N–H and O–H groups in total. The van der Waals surface area contributed by atoms with Gasteiger partial charge in [0.05, 0.1) is 16.1 Å². The fourth-order valence-electron chi connectivity index (χ4n) is 9.74. The molecule has 7 aromatic carbocycles. The van der Waals surface area contributed by atoms with Crippen molar-refractivity contribution in [3.63, 3.8) is 0 Å². The zero-order valence-corrected chi connectivity index (χ0v) is 29.5. The molecule has 2 aliphatic heterocycles. The number of furan rings is 1. The number of hydrogen-bond acceptors (Lipinski definition) is 4. The number of anilines is 5. The molecule has 0 radical (unpaired) electrons. The van der Waals surface area contributed by atoms with Crippen LogP contribution >= 0.6 is 11.3 Å². The van der Waals surface area contributed by atoms with Crippen LogP contribution in [0.25, 0.3) is 47.6 Å². The Balaban J connectivity index is 1.21. The minimum Gasteiger partial charge on any atom is -0.454 e. The third-order valence-electron chi connectivity index (χ3n) is 11.8. The highest BCUT2D eigenvalue weighted by atomic mass is 32.1. The molecule has 244 valence electrons. The second kappa shape index (κ2) is 10.1. The minimum atomic E-state index is -0.261. The topological polar surface area (TPSA) is 19.6 Å². The van der Waals surface area contributed by atoms with E-state index in [-0.39, 0.29) is 12.1 Å². The number of rotatable bonds is 2. The average molecular weight is 683 g/mol. The van der Waals surface area contributed by atoms with Gasteiger partial charge in [0.15, 0.2) is 5.58 Å². The Labute approximate surface area is 305 Å². The summed E-state index contributed by atoms with van der Waals surface area (Å²) in [6, 6.07) is 55.8. The van der Waals surface area contributed by atoms with Gasteiger partial charge in [-0.25, -0.2) is 0 Å². The van der Waals surface area contributed by atoms with Crippen molar-refractivity contribution in [1.29, 1.82) is 0 Å². The molecule has 0 bridgehead atoms. The second-order valence-corrected chi connectivity index (χ2v) is 15.9. The Morgan fingerprint density at radius 3 is 2.08 bits per heavy atom. The molecule has 1 aliphatic carbocycles. The summed E-state index contributed by atoms with van der Waals surface area (Å²) in [7, 11) is 0. The molecule has 9 aromatic rings. The smallest absolute Gasteiger partial charge is 0.252 e. The summed E-state index contributed by atoms with van der Waals surface area (Å²) in [5, 5.41) is 4.90. The van der Waals surface area contributed by atoms with Crippen molar-refractivity contribution in [3.8, 4) is 0 Å². The largest absolute Gasteiger partial charge is 0.454 e. The van der Waals surface area contributed by atoms with E-state index in [2.05, 4.69) is 175 Å². The van der Waals surface area contributed by atoms with Gasteiger partial charge in [-0.2, -0.15) is 0 Å². The first-order chi connectivity index (χ1) is 25.6. The van der Waals surface area contributed by atoms with Crippen LogP contribution in [0.5, 0.6) is 0 Å². The first-order valence-electron chi connectivity index (χ1n) is 18.1. The average Bonchev–Trinajstić information content (AvgIpc) is 3.83. The number of nitrogens with zero attached hydrogens (tertiary/aromatic N) is 2. The first-order valence-corrected chi connectivity index (χ1v) is 18.9. The number of thiophene rings is 1. The maximum atomic E-state index is 6.79. The summed E-state index contributed by atoms with van der Waals surface area (Å²) < 4.78 is 9.41. The van der Waals surface area contributed by atoms with Crippen LogP contribution in [0.3, 0.4) is 0 Å². The summed E-state index contributed by atoms with van der Waals surface area (Å²) in [6.45, 7) is 4.86. The van der Waals surface area contributed by atoms with Gasteiger partial charge >= 0.3 is 0 Å². The van der Waals surface area contributed by atoms with Gasteiger partial charge in [-0.15, -0.1) is 11.3 Å². The molecule has 0 unspecified atom stereocenters. The van der Waals surface area contributed by atoms with Crippen molar-refractivity contribution in [2.24, 2.45) is 0 Å². The van der Waals surface area contributed by atoms with Crippen molar-refractivity contribution < 1.29 is 4.42 Å². The second-order valence-electron chi connectivity index (χ2n) is 14.8. The van der Waals surface area contributed by atoms with Gasteiger partial charge in [-0.1, -0.05) is 123 Å². The van der Waals surface area contributed by atoms with Crippen LogP contribution in [0, 0.1) is 0 Å². The number of fused-ring (bicyclic) bond motifs is 11. The number of allylic oxidation sites excluding steroid dienone is 1. The van der Waals surface area contributed by atoms with E-state index in [1.807, 2.05) is 11.3 Å². The van der Waals surface area contributed by atoms with Crippen LogP contribution in [0.15, 0.2) is 162 Å². The molecule has 5 heteroatoms. The standard InChI is InChI=1S/C47H31BN2OS/c1-47(2)33-19-6-3-16-32(33)42-46(47)50(38-24-11-17-30-28-14-4-9-26-40(28)51-44(30)38)37-23-13-22-36-43(37)48(42)34-20-7-8-21-35(34)49(36)39-25-12-18-31-29-15-5-10-27-41(29)52-45(31)39/h3-27H,1-2H3. The van der Waals surface area contributed by atoms with E-state index in [0.29, 0.717) is 0 Å². The van der Waals surface area contributed by atoms with E-state index in [4.69, 9.17) is 4.42 Å². The monoisotopic (exact) mass is 682 g/mol. The lowest BCUT2D eigenvalue weighted by atomic mass is 9.32. The van der Waals surface area contributed by atoms with Gasteiger partial charge in [0.25, 0.3) is 6.71 Å². The van der Waals surface area contributed by atoms with Crippen LogP contribution in [0.1, 0.15) is 25.0 Å². The van der Waals surface area contributed by atoms with E-state index in [1.165, 1.54) is 76.1 Å². The van der Waals surface area contributed by atoms with Crippen molar-refractivity contribution in [1.82, 2.24) is 0 Å². The molecule has 52 heavy (non-hydrogen) atoms. The molecule has 0 fully saturated rings. The Morgan fingerprint density at radius 1 is 0.538 bits per heavy atom. The van der Waals surface area contributed by atoms with Crippen molar-refractivity contribution in [3.05, 3.63) is 168 Å². The predicted molar refractivity (Wildman–Crippen MR) is 221 cm³/mol. The molecule has 3 nitrogen and oxygen atoms in total. The van der Waals surface area contributed by atoms with E-state index in [1.54, 1.807) is 0 Å². The predicted octanol–water partition coefficient (Wildman–Crippen LogP) is 11.7. The Bertz CT molecular complexity index is 3040. The zero-order valence-electron chi connectivity index (χ0n) is 28.7. The normalized spacial score (nSPS) is 15.5. The molecule has 3 aliphatic rings. The minimum absolute atomic E-state index is 0.0595. The van der Waals surface area contributed by atoms with E-state index >= 15 is 0 Å². The van der Waals surface area contributed by atoms with Crippen LogP contribution in [-0.4, -0.2) is 6.71 Å². The van der Waals surface area contributed by atoms with Gasteiger partial charge in [-0.3, -0.25) is 0 Å². The molecular formula is C47H31BN2OS. The highest BCUT2D eigenvalue weighted by Crippen LogP contribution is 2.57. The molecule has 12 rings (SSSR count). The maximum Gasteiger partial charge on any atom is 0.252 e. The molecular weight excluding hydrogens is 651 g/mol. The molecule has 0 amide bonds. The Morgan fingerprint density at radius 2 is 1.17 bits per heavy atom. The molecule has 0 atom stereocenters. The van der Waals surface area contributed by atoms with Crippen LogP contribution in [0.2, 0.25) is 0 Å². The molecule has 2 aromatic heterocycles. The summed E-state index contributed by atoms with van der Waals surface area (Å²) in [4.78, 5) is 5.10. The van der Waals surface area contributed by atoms with Crippen molar-refractivity contribution >= 4 is 105 Å². The molecule has 0 spiro atoms. The summed E-state index contributed by atoms with van der Waals surface area (Å²) in [5.74, 6) is 0. The quantitative estimate of drug-likeness (QED) is 0.169. The first kappa shape index (κ1) is 28.6. The number of benzene rings is 7. The van der Waals surface area contributed by atoms with E-state index in [9.17, 15) is 0 Å². The van der Waals surface area contributed by atoms with Crippen LogP contribution in [-0.2, 0) is 5.41 Å². The van der Waals surface area contributed by atoms with Crippen LogP contribution in [0.4, 0.5) is 28.4 Å². The lowest BCUT2D eigenvalue weighted by Crippen LogP contribution is -2.55. The fourth-order valence-corrected chi connectivity index (χ4v) is 10.9. The van der Waals surface area contributed by atoms with Crippen LogP contribution < -0.4 is 20.7 Å². The summed E-state index contributed by atoms with van der Waals surface area (Å²) in [6.07, 6.45) is 0. The highest BCUT2D eigenvalue weighted by molar-refractivity contribution is 7.26. The fraction of sp³-hybridized carbons (Fsp3) is 0.0638. The number of hydrogen-bond donors (Lipinski definition) is 0. The third kappa shape index (κ3) is 3.51. The van der Waals surface area contributed by atoms with Gasteiger partial charge < -0.3 is 14.2 Å². The molecule has 0 saturated carbocycles. The van der Waals surface area contributed by atoms with Gasteiger partial charge in [0.2, 0.25) is 0 Å². The van der Waals surface area contributed by atoms with Crippen molar-refractivity contribution in [2.45, 2.75) is 19.3 Å². The SMILES string of the molecule is CC1(C)C2=C(B3c4ccccc4N(c4cccc5c4sc4ccccc45)c4cccc(c43)N2c2cccc3c2oc2ccccc23)c2ccccc21. The lowest BCUT2D eigenvalue weighted by Gasteiger charge is -2.46. The molecule has 4 heterocycles. The van der Waals surface area contributed by atoms with Gasteiger partial charge in [0, 0.05) is 54.4 Å². The maximum absolute atomic E-state index is 6.79. The number of para-hydroxylation sites is 3. The molecule has 0 saturated heterocycles. The zero-order chi connectivity index (χ0) is 34.3. The highest BCUT2D eigenvalue weighted by Gasteiger charge is 2.52. The Hall–Kier alpha value is -6.04. The Kier molecular flexibility index (Phi) is 5.54. The lowest BCUT2D eigenvalue weighted by molar-refractivity contribution is 0.623. The third-order valence-corrected chi connectivity index (χ3v) is 13.0. The summed E-state index contributed by atoms with van der Waals surface area (Å²) in [5.41, 5.74) is 15.6. The van der Waals surface area contributed by atoms with Gasteiger partial charge in [-0.05, 0) is 70.0 Å². The van der Waals surface area contributed by atoms with E-state index in [0.717, 1.165) is 27.6 Å². The van der Waals surface area contributed by atoms with Crippen molar-refractivity contribution in [2.75, 3.05) is 9.80 Å². The van der Waals surface area contributed by atoms with Gasteiger partial charge in [0.1, 0.15) is 5.58 Å². The summed E-state index contributed by atoms with van der Waals surface area (Å²) >= 11 is 1.89. The van der Waals surface area contributed by atoms with E-state index < -0.39 is 0 Å².